The number of thiocarbonyl (C=S) groups is 1. The largest absolute Gasteiger partial charge is 0.483 e. The van der Waals surface area contributed by atoms with Crippen molar-refractivity contribution in [1.82, 2.24) is 16.2 Å². The van der Waals surface area contributed by atoms with Crippen molar-refractivity contribution in [2.45, 2.75) is 26.2 Å². The summed E-state index contributed by atoms with van der Waals surface area (Å²) in [5, 5.41) is 2.34. The number of hydrogen-bond acceptors (Lipinski definition) is 6. The molecule has 1 unspecified atom stereocenters. The number of methoxy groups -OCH3 is 1. The number of hydrogen-bond donors (Lipinski definition) is 3. The van der Waals surface area contributed by atoms with Crippen LogP contribution in [0, 0.1) is 0 Å². The fraction of sp³-hybridized carbons (Fsp3) is 0.273. The summed E-state index contributed by atoms with van der Waals surface area (Å²) >= 11 is 5.01. The van der Waals surface area contributed by atoms with Gasteiger partial charge in [0, 0.05) is 5.56 Å². The normalized spacial score (nSPS) is 11.1. The third kappa shape index (κ3) is 7.07. The molecule has 2 aromatic rings. The molecule has 0 bridgehead atoms. The first-order valence-corrected chi connectivity index (χ1v) is 10.1. The van der Waals surface area contributed by atoms with Crippen molar-refractivity contribution >= 4 is 35.1 Å². The van der Waals surface area contributed by atoms with Gasteiger partial charge in [-0.05, 0) is 60.5 Å². The Hall–Kier alpha value is -3.46. The first kappa shape index (κ1) is 23.8. The van der Waals surface area contributed by atoms with Crippen LogP contribution in [0.25, 0.3) is 0 Å². The zero-order valence-corrected chi connectivity index (χ0v) is 18.4. The lowest BCUT2D eigenvalue weighted by atomic mass is 9.98. The van der Waals surface area contributed by atoms with E-state index in [2.05, 4.69) is 34.8 Å². The molecule has 8 nitrogen and oxygen atoms in total. The summed E-state index contributed by atoms with van der Waals surface area (Å²) in [4.78, 5) is 35.7. The van der Waals surface area contributed by atoms with Crippen LogP contribution in [0.3, 0.4) is 0 Å². The molecule has 0 saturated heterocycles. The van der Waals surface area contributed by atoms with E-state index in [-0.39, 0.29) is 17.3 Å². The van der Waals surface area contributed by atoms with Crippen molar-refractivity contribution in [2.75, 3.05) is 13.7 Å². The van der Waals surface area contributed by atoms with Gasteiger partial charge < -0.3 is 9.47 Å². The highest BCUT2D eigenvalue weighted by molar-refractivity contribution is 7.80. The topological polar surface area (TPSA) is 106 Å². The van der Waals surface area contributed by atoms with Gasteiger partial charge in [0.2, 0.25) is 0 Å². The van der Waals surface area contributed by atoms with Crippen molar-refractivity contribution in [2.24, 2.45) is 0 Å². The van der Waals surface area contributed by atoms with E-state index in [1.54, 1.807) is 0 Å². The Morgan fingerprint density at radius 3 is 2.29 bits per heavy atom. The average molecular weight is 444 g/mol. The molecule has 0 spiro atoms. The van der Waals surface area contributed by atoms with E-state index in [1.807, 2.05) is 24.3 Å². The number of carbonyl (C=O) groups excluding carboxylic acids is 3. The minimum absolute atomic E-state index is 0.0876. The third-order valence-corrected chi connectivity index (χ3v) is 4.74. The van der Waals surface area contributed by atoms with E-state index in [0.29, 0.717) is 17.2 Å². The van der Waals surface area contributed by atoms with Crippen molar-refractivity contribution in [3.63, 3.8) is 0 Å². The molecular weight excluding hydrogens is 418 g/mol. The van der Waals surface area contributed by atoms with Crippen LogP contribution in [0.2, 0.25) is 0 Å². The van der Waals surface area contributed by atoms with Crippen LogP contribution in [0.5, 0.6) is 5.75 Å². The summed E-state index contributed by atoms with van der Waals surface area (Å²) in [6.45, 7) is 3.96. The van der Waals surface area contributed by atoms with E-state index >= 15 is 0 Å². The summed E-state index contributed by atoms with van der Waals surface area (Å²) < 4.78 is 10.2. The maximum Gasteiger partial charge on any atom is 0.337 e. The molecule has 0 heterocycles. The quantitative estimate of drug-likeness (QED) is 0.343. The Bertz CT molecular complexity index is 946. The van der Waals surface area contributed by atoms with Crippen molar-refractivity contribution < 1.29 is 23.9 Å². The van der Waals surface area contributed by atoms with Crippen LogP contribution in [0.15, 0.2) is 48.5 Å². The summed E-state index contributed by atoms with van der Waals surface area (Å²) in [6, 6.07) is 13.4. The van der Waals surface area contributed by atoms with Crippen LogP contribution in [-0.2, 0) is 9.53 Å². The molecule has 0 aliphatic carbocycles. The van der Waals surface area contributed by atoms with Gasteiger partial charge in [0.1, 0.15) is 5.75 Å². The van der Waals surface area contributed by atoms with Crippen LogP contribution >= 0.6 is 12.2 Å². The monoisotopic (exact) mass is 443 g/mol. The zero-order valence-electron chi connectivity index (χ0n) is 17.6. The van der Waals surface area contributed by atoms with Gasteiger partial charge in [0.15, 0.2) is 11.7 Å². The average Bonchev–Trinajstić information content (AvgIpc) is 2.80. The fourth-order valence-corrected chi connectivity index (χ4v) is 2.77. The first-order chi connectivity index (χ1) is 14.8. The predicted molar refractivity (Wildman–Crippen MR) is 120 cm³/mol. The number of benzene rings is 2. The van der Waals surface area contributed by atoms with E-state index in [0.717, 1.165) is 12.0 Å². The number of nitrogens with one attached hydrogen (secondary N) is 3. The van der Waals surface area contributed by atoms with Gasteiger partial charge in [-0.2, -0.15) is 0 Å². The number of para-hydroxylation sites is 1. The lowest BCUT2D eigenvalue weighted by Crippen LogP contribution is -2.49. The SMILES string of the molecule is CCC(C)c1ccccc1OCC(=O)NNC(=S)NC(=O)c1ccc(C(=O)OC)cc1. The highest BCUT2D eigenvalue weighted by atomic mass is 32.1. The smallest absolute Gasteiger partial charge is 0.337 e. The Morgan fingerprint density at radius 1 is 1.00 bits per heavy atom. The van der Waals surface area contributed by atoms with Crippen LogP contribution in [-0.4, -0.2) is 36.6 Å². The van der Waals surface area contributed by atoms with Crippen LogP contribution in [0.1, 0.15) is 52.5 Å². The number of rotatable bonds is 7. The second kappa shape index (κ2) is 11.7. The summed E-state index contributed by atoms with van der Waals surface area (Å²) in [5.74, 6) is -0.499. The molecule has 0 aliphatic rings. The lowest BCUT2D eigenvalue weighted by Gasteiger charge is -2.16. The van der Waals surface area contributed by atoms with Crippen molar-refractivity contribution in [3.05, 3.63) is 65.2 Å². The molecule has 2 amide bonds. The molecule has 3 N–H and O–H groups in total. The zero-order chi connectivity index (χ0) is 22.8. The molecule has 0 radical (unpaired) electrons. The summed E-state index contributed by atoms with van der Waals surface area (Å²) in [7, 11) is 1.27. The maximum atomic E-state index is 12.2. The van der Waals surface area contributed by atoms with Gasteiger partial charge in [-0.3, -0.25) is 25.8 Å². The van der Waals surface area contributed by atoms with Gasteiger partial charge >= 0.3 is 5.97 Å². The summed E-state index contributed by atoms with van der Waals surface area (Å²) in [5.41, 5.74) is 6.47. The van der Waals surface area contributed by atoms with Gasteiger partial charge in [-0.25, -0.2) is 4.79 Å². The second-order valence-corrected chi connectivity index (χ2v) is 7.07. The minimum atomic E-state index is -0.499. The number of carbonyl (C=O) groups is 3. The van der Waals surface area contributed by atoms with Gasteiger partial charge in [0.25, 0.3) is 11.8 Å². The lowest BCUT2D eigenvalue weighted by molar-refractivity contribution is -0.123. The van der Waals surface area contributed by atoms with Gasteiger partial charge in [-0.15, -0.1) is 0 Å². The highest BCUT2D eigenvalue weighted by Crippen LogP contribution is 2.28. The van der Waals surface area contributed by atoms with Crippen molar-refractivity contribution in [3.8, 4) is 5.75 Å². The minimum Gasteiger partial charge on any atom is -0.483 e. The molecule has 2 aromatic carbocycles. The molecule has 0 fully saturated rings. The molecule has 1 atom stereocenters. The number of hydrazine groups is 1. The Balaban J connectivity index is 1.80. The highest BCUT2D eigenvalue weighted by Gasteiger charge is 2.13. The van der Waals surface area contributed by atoms with E-state index < -0.39 is 17.8 Å². The predicted octanol–water partition coefficient (Wildman–Crippen LogP) is 2.70. The molecule has 0 aliphatic heterocycles. The Kier molecular flexibility index (Phi) is 8.95. The second-order valence-electron chi connectivity index (χ2n) is 6.66. The van der Waals surface area contributed by atoms with Crippen molar-refractivity contribution in [1.29, 1.82) is 0 Å². The van der Waals surface area contributed by atoms with Gasteiger partial charge in [-0.1, -0.05) is 32.0 Å². The molecule has 164 valence electrons. The Labute approximate surface area is 186 Å². The van der Waals surface area contributed by atoms with Crippen LogP contribution in [0.4, 0.5) is 0 Å². The maximum absolute atomic E-state index is 12.2. The number of esters is 1. The number of amides is 2. The molecule has 2 rings (SSSR count). The first-order valence-electron chi connectivity index (χ1n) is 9.66. The fourth-order valence-electron chi connectivity index (χ4n) is 2.63. The molecule has 0 saturated carbocycles. The standard InChI is InChI=1S/C22H25N3O5S/c1-4-14(2)17-7-5-6-8-18(17)30-13-19(26)24-25-22(31)23-20(27)15-9-11-16(12-10-15)21(28)29-3/h5-12,14H,4,13H2,1-3H3,(H,24,26)(H2,23,25,27,31). The van der Waals surface area contributed by atoms with E-state index in [1.165, 1.54) is 31.4 Å². The van der Waals surface area contributed by atoms with E-state index in [9.17, 15) is 14.4 Å². The Morgan fingerprint density at radius 2 is 1.65 bits per heavy atom. The summed E-state index contributed by atoms with van der Waals surface area (Å²) in [6.07, 6.45) is 0.952. The van der Waals surface area contributed by atoms with Crippen LogP contribution < -0.4 is 20.9 Å². The van der Waals surface area contributed by atoms with E-state index in [4.69, 9.17) is 17.0 Å². The molecule has 9 heteroatoms. The molecular formula is C22H25N3O5S. The van der Waals surface area contributed by atoms with Gasteiger partial charge in [0.05, 0.1) is 12.7 Å². The molecule has 31 heavy (non-hydrogen) atoms. The molecule has 0 aromatic heterocycles. The third-order valence-electron chi connectivity index (χ3n) is 4.53. The number of ether oxygens (including phenoxy) is 2.